The van der Waals surface area contributed by atoms with Gasteiger partial charge in [-0.25, -0.2) is 15.0 Å². The first-order valence-electron chi connectivity index (χ1n) is 26.5. The van der Waals surface area contributed by atoms with E-state index in [2.05, 4.69) is 222 Å². The molecule has 0 bridgehead atoms. The Morgan fingerprint density at radius 3 is 1.53 bits per heavy atom. The summed E-state index contributed by atoms with van der Waals surface area (Å²) in [5.41, 5.74) is 30.2. The highest BCUT2D eigenvalue weighted by atomic mass is 15.2. The van der Waals surface area contributed by atoms with E-state index >= 15 is 0 Å². The van der Waals surface area contributed by atoms with Crippen LogP contribution in [0.2, 0.25) is 0 Å². The van der Waals surface area contributed by atoms with Crippen LogP contribution in [0.25, 0.3) is 100 Å². The molecule has 0 unspecified atom stereocenters. The van der Waals surface area contributed by atoms with Gasteiger partial charge in [-0.15, -0.1) is 0 Å². The smallest absolute Gasteiger partial charge is 0.333 e. The van der Waals surface area contributed by atoms with E-state index in [4.69, 9.17) is 15.0 Å². The van der Waals surface area contributed by atoms with Crippen LogP contribution in [0.5, 0.6) is 0 Å². The van der Waals surface area contributed by atoms with Crippen molar-refractivity contribution >= 4 is 56.6 Å². The summed E-state index contributed by atoms with van der Waals surface area (Å²) in [5.74, 6) is 1.91. The van der Waals surface area contributed by atoms with Crippen LogP contribution in [0.3, 0.4) is 0 Å². The summed E-state index contributed by atoms with van der Waals surface area (Å²) in [5, 5.41) is 2.54. The van der Waals surface area contributed by atoms with Crippen LogP contribution in [-0.4, -0.2) is 26.3 Å². The fourth-order valence-corrected chi connectivity index (χ4v) is 13.2. The summed E-state index contributed by atoms with van der Waals surface area (Å²) in [4.78, 5) is 17.9. The minimum atomic E-state index is -0.104. The first-order valence-corrected chi connectivity index (χ1v) is 26.5. The van der Waals surface area contributed by atoms with Gasteiger partial charge in [-0.3, -0.25) is 0 Å². The molecule has 0 atom stereocenters. The summed E-state index contributed by atoms with van der Waals surface area (Å²) >= 11 is 0. The molecule has 5 nitrogen and oxygen atoms in total. The standard InChI is InChI=1S/C70H54BN5/c1-41-32-43(3)63(44(4)33-41)51-30-31-60-56(37-51)57-38-53(64-45(5)34-42(2)35-46(64)6)39-58-65-47(7)55(40-62-66(65)71(76(60)67(57)58)59-28-17-18-29-61(59)75(62)54-26-15-10-16-27-54)50-24-19-25-52(36-50)70-73-68(48-20-11-8-12-21-48)72-69(74-70)49-22-13-9-14-23-49/h8-40H,1-7H3. The maximum atomic E-state index is 5.19. The quantitative estimate of drug-likeness (QED) is 0.149. The molecule has 0 spiro atoms. The van der Waals surface area contributed by atoms with Crippen molar-refractivity contribution in [1.29, 1.82) is 0 Å². The molecule has 2 aromatic heterocycles. The second-order valence-electron chi connectivity index (χ2n) is 21.2. The lowest BCUT2D eigenvalue weighted by Gasteiger charge is -2.41. The highest BCUT2D eigenvalue weighted by Gasteiger charge is 2.44. The summed E-state index contributed by atoms with van der Waals surface area (Å²) in [6, 6.07) is 73.3. The molecular weight excluding hydrogens is 922 g/mol. The fourth-order valence-electron chi connectivity index (χ4n) is 13.2. The number of hydrogen-bond donors (Lipinski definition) is 0. The summed E-state index contributed by atoms with van der Waals surface area (Å²) in [6.07, 6.45) is 0. The van der Waals surface area contributed by atoms with Crippen molar-refractivity contribution in [2.24, 2.45) is 0 Å². The van der Waals surface area contributed by atoms with Gasteiger partial charge in [0.15, 0.2) is 17.5 Å². The second-order valence-corrected chi connectivity index (χ2v) is 21.2. The number of benzene rings is 10. The summed E-state index contributed by atoms with van der Waals surface area (Å²) in [6.45, 7) is 15.7. The Balaban J connectivity index is 1.08. The molecular formula is C70H54BN5. The zero-order chi connectivity index (χ0) is 51.5. The van der Waals surface area contributed by atoms with E-state index in [1.165, 1.54) is 116 Å². The molecule has 2 aliphatic rings. The Hall–Kier alpha value is -9.13. The van der Waals surface area contributed by atoms with Crippen molar-refractivity contribution < 1.29 is 0 Å². The molecule has 0 radical (unpaired) electrons. The third-order valence-electron chi connectivity index (χ3n) is 16.1. The van der Waals surface area contributed by atoms with Crippen molar-refractivity contribution in [3.63, 3.8) is 0 Å². The van der Waals surface area contributed by atoms with E-state index in [-0.39, 0.29) is 6.85 Å². The summed E-state index contributed by atoms with van der Waals surface area (Å²) < 4.78 is 2.69. The lowest BCUT2D eigenvalue weighted by atomic mass is 9.44. The number of hydrogen-bond acceptors (Lipinski definition) is 4. The molecule has 0 N–H and O–H groups in total. The topological polar surface area (TPSA) is 46.8 Å². The van der Waals surface area contributed by atoms with Crippen LogP contribution in [0, 0.1) is 48.5 Å². The van der Waals surface area contributed by atoms with Crippen LogP contribution >= 0.6 is 0 Å². The average Bonchev–Trinajstić information content (AvgIpc) is 3.94. The molecule has 76 heavy (non-hydrogen) atoms. The highest BCUT2D eigenvalue weighted by molar-refractivity contribution is 6.90. The SMILES string of the molecule is Cc1cc(C)c(-c2ccc3c(c2)c2cc(-c4c(C)cc(C)cc4C)cc4c2n3B2c3ccccc3N(c3ccccc3)c3cc(-c5cccc(-c6nc(-c7ccccc7)nc(-c7ccccc7)n6)c5)c(C)c-4c32)c(C)c1. The fraction of sp³-hybridized carbons (Fsp3) is 0.100. The Morgan fingerprint density at radius 1 is 0.368 bits per heavy atom. The van der Waals surface area contributed by atoms with Crippen LogP contribution in [-0.2, 0) is 0 Å². The third kappa shape index (κ3) is 7.12. The van der Waals surface area contributed by atoms with E-state index in [0.717, 1.165) is 33.5 Å². The number of aryl methyl sites for hydroxylation is 6. The van der Waals surface area contributed by atoms with Crippen LogP contribution in [0.15, 0.2) is 200 Å². The zero-order valence-corrected chi connectivity index (χ0v) is 43.9. The van der Waals surface area contributed by atoms with Gasteiger partial charge < -0.3 is 9.38 Å². The van der Waals surface area contributed by atoms with E-state index in [0.29, 0.717) is 17.5 Å². The lowest BCUT2D eigenvalue weighted by molar-refractivity contribution is 1.07. The van der Waals surface area contributed by atoms with Crippen molar-refractivity contribution in [2.45, 2.75) is 48.5 Å². The van der Waals surface area contributed by atoms with Gasteiger partial charge in [-0.1, -0.05) is 157 Å². The Morgan fingerprint density at radius 2 is 0.895 bits per heavy atom. The molecule has 2 aliphatic heterocycles. The molecule has 0 saturated carbocycles. The van der Waals surface area contributed by atoms with E-state index in [1.54, 1.807) is 0 Å². The van der Waals surface area contributed by atoms with Crippen molar-refractivity contribution in [1.82, 2.24) is 19.4 Å². The second kappa shape index (κ2) is 17.5. The zero-order valence-electron chi connectivity index (χ0n) is 43.9. The predicted molar refractivity (Wildman–Crippen MR) is 319 cm³/mol. The van der Waals surface area contributed by atoms with Gasteiger partial charge in [0.1, 0.15) is 0 Å². The molecule has 362 valence electrons. The predicted octanol–water partition coefficient (Wildman–Crippen LogP) is 16.6. The normalized spacial score (nSPS) is 12.4. The maximum Gasteiger partial charge on any atom is 0.333 e. The van der Waals surface area contributed by atoms with Gasteiger partial charge in [-0.2, -0.15) is 0 Å². The number of fused-ring (bicyclic) bond motifs is 7. The molecule has 4 heterocycles. The third-order valence-corrected chi connectivity index (χ3v) is 16.1. The maximum absolute atomic E-state index is 5.19. The molecule has 0 amide bonds. The molecule has 0 aliphatic carbocycles. The number of rotatable bonds is 7. The van der Waals surface area contributed by atoms with Gasteiger partial charge in [-0.05, 0) is 181 Å². The average molecular weight is 976 g/mol. The largest absolute Gasteiger partial charge is 0.375 e. The molecule has 0 fully saturated rings. The Kier molecular flexibility index (Phi) is 10.5. The van der Waals surface area contributed by atoms with Crippen LogP contribution in [0.4, 0.5) is 17.1 Å². The van der Waals surface area contributed by atoms with Crippen molar-refractivity contribution in [3.05, 3.63) is 239 Å². The minimum absolute atomic E-state index is 0.104. The molecule has 0 saturated heterocycles. The van der Waals surface area contributed by atoms with Crippen molar-refractivity contribution in [3.8, 4) is 78.7 Å². The van der Waals surface area contributed by atoms with Gasteiger partial charge in [0, 0.05) is 61.1 Å². The minimum Gasteiger partial charge on any atom is -0.375 e. The molecule has 10 aromatic carbocycles. The number of anilines is 3. The lowest BCUT2D eigenvalue weighted by Crippen LogP contribution is -2.56. The Bertz CT molecular complexity index is 4260. The first-order chi connectivity index (χ1) is 37.1. The van der Waals surface area contributed by atoms with E-state index in [9.17, 15) is 0 Å². The van der Waals surface area contributed by atoms with Gasteiger partial charge >= 0.3 is 6.85 Å². The highest BCUT2D eigenvalue weighted by Crippen LogP contribution is 2.51. The summed E-state index contributed by atoms with van der Waals surface area (Å²) in [7, 11) is 0. The van der Waals surface area contributed by atoms with Crippen molar-refractivity contribution in [2.75, 3.05) is 4.90 Å². The van der Waals surface area contributed by atoms with Gasteiger partial charge in [0.2, 0.25) is 0 Å². The van der Waals surface area contributed by atoms with E-state index in [1.807, 2.05) is 36.4 Å². The number of nitrogens with zero attached hydrogens (tertiary/aromatic N) is 5. The Labute approximate surface area is 445 Å². The molecule has 6 heteroatoms. The first kappa shape index (κ1) is 45.5. The number of para-hydroxylation sites is 2. The monoisotopic (exact) mass is 975 g/mol. The van der Waals surface area contributed by atoms with Crippen LogP contribution < -0.4 is 15.8 Å². The van der Waals surface area contributed by atoms with Gasteiger partial charge in [0.05, 0.1) is 0 Å². The van der Waals surface area contributed by atoms with Gasteiger partial charge in [0.25, 0.3) is 0 Å². The molecule has 12 aromatic rings. The number of aromatic nitrogens is 4. The molecule has 14 rings (SSSR count). The van der Waals surface area contributed by atoms with E-state index < -0.39 is 0 Å². The van der Waals surface area contributed by atoms with Crippen LogP contribution in [0.1, 0.15) is 38.9 Å².